The van der Waals surface area contributed by atoms with Crippen molar-refractivity contribution >= 4 is 45.4 Å². The van der Waals surface area contributed by atoms with E-state index in [1.165, 1.54) is 28.4 Å². The number of nitrogens with zero attached hydrogens (tertiary/aromatic N) is 2. The monoisotopic (exact) mass is 540 g/mol. The van der Waals surface area contributed by atoms with Gasteiger partial charge in [-0.1, -0.05) is 18.2 Å². The number of rotatable bonds is 5. The maximum atomic E-state index is 15.3. The molecular formula is C26H22F2N4O5S. The molecule has 2 N–H and O–H groups in total. The van der Waals surface area contributed by atoms with Crippen molar-refractivity contribution in [3.05, 3.63) is 63.7 Å². The number of hydrogen-bond donors (Lipinski definition) is 2. The second kappa shape index (κ2) is 9.43. The molecule has 3 heterocycles. The number of alkyl carbamates (subject to hydrolysis) is 1. The zero-order chi connectivity index (χ0) is 26.6. The number of benzene rings is 2. The van der Waals surface area contributed by atoms with Crippen molar-refractivity contribution < 1.29 is 32.7 Å². The summed E-state index contributed by atoms with van der Waals surface area (Å²) in [6.07, 6.45) is 0.406. The Balaban J connectivity index is 1.04. The number of aromatic nitrogens is 1. The van der Waals surface area contributed by atoms with Crippen LogP contribution in [0.5, 0.6) is 0 Å². The number of carbonyl (C=O) groups is 4. The number of nitrogens with one attached hydrogen (secondary N) is 2. The molecule has 3 aromatic rings. The molecule has 0 spiro atoms. The number of amides is 4. The number of halogens is 2. The van der Waals surface area contributed by atoms with Gasteiger partial charge in [0.2, 0.25) is 11.8 Å². The minimum Gasteiger partial charge on any atom is -0.446 e. The van der Waals surface area contributed by atoms with Crippen LogP contribution < -0.4 is 10.6 Å². The van der Waals surface area contributed by atoms with Crippen LogP contribution in [-0.2, 0) is 27.4 Å². The molecule has 0 radical (unpaired) electrons. The summed E-state index contributed by atoms with van der Waals surface area (Å²) >= 11 is 1.25. The molecule has 12 heteroatoms. The predicted octanol–water partition coefficient (Wildman–Crippen LogP) is 3.51. The minimum absolute atomic E-state index is 0.0667. The first-order chi connectivity index (χ1) is 18.3. The first kappa shape index (κ1) is 24.4. The van der Waals surface area contributed by atoms with Crippen molar-refractivity contribution in [2.45, 2.75) is 56.8 Å². The highest BCUT2D eigenvalue weighted by atomic mass is 32.1. The lowest BCUT2D eigenvalue weighted by atomic mass is 9.77. The van der Waals surface area contributed by atoms with E-state index in [1.807, 2.05) is 0 Å². The molecule has 4 amide bonds. The van der Waals surface area contributed by atoms with Gasteiger partial charge in [0.15, 0.2) is 0 Å². The smallest absolute Gasteiger partial charge is 0.407 e. The summed E-state index contributed by atoms with van der Waals surface area (Å²) in [4.78, 5) is 54.4. The van der Waals surface area contributed by atoms with Gasteiger partial charge in [0.05, 0.1) is 21.3 Å². The van der Waals surface area contributed by atoms with E-state index in [9.17, 15) is 23.6 Å². The number of thiazole rings is 1. The Kier molecular flexibility index (Phi) is 6.05. The lowest BCUT2D eigenvalue weighted by Gasteiger charge is -2.35. The van der Waals surface area contributed by atoms with Gasteiger partial charge in [-0.3, -0.25) is 19.7 Å². The third kappa shape index (κ3) is 4.18. The molecule has 6 rings (SSSR count). The predicted molar refractivity (Wildman–Crippen MR) is 131 cm³/mol. The Morgan fingerprint density at radius 1 is 1.18 bits per heavy atom. The second-order valence-electron chi connectivity index (χ2n) is 9.69. The molecule has 1 saturated carbocycles. The Morgan fingerprint density at radius 3 is 2.79 bits per heavy atom. The number of ether oxygens (including phenoxy) is 1. The number of imide groups is 1. The maximum absolute atomic E-state index is 15.3. The fraction of sp³-hybridized carbons (Fsp3) is 0.346. The van der Waals surface area contributed by atoms with Gasteiger partial charge in [0, 0.05) is 25.1 Å². The van der Waals surface area contributed by atoms with Gasteiger partial charge in [0.25, 0.3) is 5.91 Å². The van der Waals surface area contributed by atoms with E-state index in [1.54, 1.807) is 17.6 Å². The van der Waals surface area contributed by atoms with Gasteiger partial charge in [0.1, 0.15) is 23.8 Å². The van der Waals surface area contributed by atoms with E-state index in [4.69, 9.17) is 4.74 Å². The van der Waals surface area contributed by atoms with E-state index in [0.29, 0.717) is 28.6 Å². The van der Waals surface area contributed by atoms with Crippen molar-refractivity contribution in [3.8, 4) is 0 Å². The average Bonchev–Trinajstić information content (AvgIpc) is 3.48. The van der Waals surface area contributed by atoms with E-state index >= 15 is 4.39 Å². The Bertz CT molecular complexity index is 1500. The lowest BCUT2D eigenvalue weighted by molar-refractivity contribution is -0.136. The zero-order valence-electron chi connectivity index (χ0n) is 20.0. The Labute approximate surface area is 219 Å². The van der Waals surface area contributed by atoms with Crippen molar-refractivity contribution in [3.63, 3.8) is 0 Å². The van der Waals surface area contributed by atoms with Gasteiger partial charge in [-0.05, 0) is 42.4 Å². The standard InChI is InChI=1S/C26H22F2N4O5S/c27-17-4-3-16(22-23(17)38-11-30-22)14-7-15(8-14)37-26(36)29-9-12-1-2-13-10-32(25(35)20(13)21(12)28)18-5-6-19(33)31-24(18)34/h1-4,11,14-15,18H,5-10H2,(H,29,36)(H,31,33,34)/t14?,15?,18-/m0/s1. The molecule has 2 aromatic carbocycles. The molecular weight excluding hydrogens is 518 g/mol. The van der Waals surface area contributed by atoms with Crippen LogP contribution in [-0.4, -0.2) is 45.8 Å². The lowest BCUT2D eigenvalue weighted by Crippen LogP contribution is -2.52. The summed E-state index contributed by atoms with van der Waals surface area (Å²) in [5, 5.41) is 4.74. The third-order valence-electron chi connectivity index (χ3n) is 7.41. The summed E-state index contributed by atoms with van der Waals surface area (Å²) in [7, 11) is 0. The number of piperidine rings is 1. The number of hydrogen-bond acceptors (Lipinski definition) is 7. The molecule has 1 saturated heterocycles. The molecule has 1 aromatic heterocycles. The van der Waals surface area contributed by atoms with Gasteiger partial charge in [-0.2, -0.15) is 0 Å². The summed E-state index contributed by atoms with van der Waals surface area (Å²) in [6, 6.07) is 5.40. The van der Waals surface area contributed by atoms with E-state index in [0.717, 1.165) is 5.56 Å². The molecule has 3 aliphatic rings. The van der Waals surface area contributed by atoms with Gasteiger partial charge < -0.3 is 15.0 Å². The number of fused-ring (bicyclic) bond motifs is 2. The summed E-state index contributed by atoms with van der Waals surface area (Å²) in [5.74, 6) is -2.54. The molecule has 38 heavy (non-hydrogen) atoms. The van der Waals surface area contributed by atoms with Crippen molar-refractivity contribution in [2.24, 2.45) is 0 Å². The first-order valence-electron chi connectivity index (χ1n) is 12.2. The highest BCUT2D eigenvalue weighted by Crippen LogP contribution is 2.42. The van der Waals surface area contributed by atoms with Crippen molar-refractivity contribution in [2.75, 3.05) is 0 Å². The van der Waals surface area contributed by atoms with Gasteiger partial charge in [-0.25, -0.2) is 18.6 Å². The molecule has 2 aliphatic heterocycles. The van der Waals surface area contributed by atoms with Crippen LogP contribution in [0.15, 0.2) is 29.8 Å². The highest BCUT2D eigenvalue weighted by molar-refractivity contribution is 7.16. The normalized spacial score (nSPS) is 22.7. The number of carbonyl (C=O) groups excluding carboxylic acids is 4. The van der Waals surface area contributed by atoms with E-state index in [2.05, 4.69) is 15.6 Å². The molecule has 0 bridgehead atoms. The van der Waals surface area contributed by atoms with Crippen LogP contribution in [0.25, 0.3) is 10.2 Å². The molecule has 0 unspecified atom stereocenters. The molecule has 2 fully saturated rings. The van der Waals surface area contributed by atoms with Crippen LogP contribution in [0.1, 0.15) is 58.6 Å². The SMILES string of the molecule is O=C1CC[C@H](N2Cc3ccc(CNC(=O)OC4CC(c5ccc(F)c6scnc56)C4)c(F)c3C2=O)C(=O)N1. The van der Waals surface area contributed by atoms with Crippen molar-refractivity contribution in [1.29, 1.82) is 0 Å². The maximum Gasteiger partial charge on any atom is 0.407 e. The Hall–Kier alpha value is -3.93. The van der Waals surface area contributed by atoms with Gasteiger partial charge >= 0.3 is 6.09 Å². The molecule has 1 atom stereocenters. The average molecular weight is 541 g/mol. The fourth-order valence-corrected chi connectivity index (χ4v) is 6.06. The summed E-state index contributed by atoms with van der Waals surface area (Å²) < 4.78 is 35.1. The van der Waals surface area contributed by atoms with Gasteiger partial charge in [-0.15, -0.1) is 11.3 Å². The summed E-state index contributed by atoms with van der Waals surface area (Å²) in [5.41, 5.74) is 3.61. The first-order valence-corrected chi connectivity index (χ1v) is 13.1. The van der Waals surface area contributed by atoms with E-state index < -0.39 is 35.7 Å². The van der Waals surface area contributed by atoms with Crippen LogP contribution in [0, 0.1) is 11.6 Å². The summed E-state index contributed by atoms with van der Waals surface area (Å²) in [6.45, 7) is -0.117. The molecule has 196 valence electrons. The fourth-order valence-electron chi connectivity index (χ4n) is 5.33. The molecule has 9 nitrogen and oxygen atoms in total. The third-order valence-corrected chi connectivity index (χ3v) is 8.24. The van der Waals surface area contributed by atoms with Crippen molar-refractivity contribution in [1.82, 2.24) is 20.5 Å². The molecule has 1 aliphatic carbocycles. The quantitative estimate of drug-likeness (QED) is 0.479. The van der Waals surface area contributed by atoms with Crippen LogP contribution in [0.4, 0.5) is 13.6 Å². The van der Waals surface area contributed by atoms with E-state index in [-0.39, 0.29) is 54.9 Å². The second-order valence-corrected chi connectivity index (χ2v) is 10.5. The van der Waals surface area contributed by atoms with Crippen LogP contribution in [0.2, 0.25) is 0 Å². The zero-order valence-corrected chi connectivity index (χ0v) is 20.8. The van der Waals surface area contributed by atoms with Crippen LogP contribution >= 0.6 is 11.3 Å². The topological polar surface area (TPSA) is 118 Å². The minimum atomic E-state index is -0.837. The highest BCUT2D eigenvalue weighted by Gasteiger charge is 2.41. The van der Waals surface area contributed by atoms with Crippen LogP contribution in [0.3, 0.4) is 0 Å². The largest absolute Gasteiger partial charge is 0.446 e. The Morgan fingerprint density at radius 2 is 2.00 bits per heavy atom.